The van der Waals surface area contributed by atoms with E-state index >= 15 is 0 Å². The van der Waals surface area contributed by atoms with Gasteiger partial charge in [-0.1, -0.05) is 12.1 Å². The minimum atomic E-state index is -1.12. The van der Waals surface area contributed by atoms with Crippen molar-refractivity contribution in [3.8, 4) is 0 Å². The van der Waals surface area contributed by atoms with Crippen LogP contribution in [0.25, 0.3) is 0 Å². The quantitative estimate of drug-likeness (QED) is 0.745. The van der Waals surface area contributed by atoms with Crippen molar-refractivity contribution in [2.75, 3.05) is 26.8 Å². The highest BCUT2D eigenvalue weighted by molar-refractivity contribution is 5.83. The van der Waals surface area contributed by atoms with E-state index in [1.165, 1.54) is 28.8 Å². The Balaban J connectivity index is 1.86. The maximum Gasteiger partial charge on any atom is 0.313 e. The summed E-state index contributed by atoms with van der Waals surface area (Å²) < 4.78 is 19.7. The average Bonchev–Trinajstić information content (AvgIpc) is 3.28. The van der Waals surface area contributed by atoms with Crippen molar-refractivity contribution in [1.82, 2.24) is 25.1 Å². The van der Waals surface area contributed by atoms with Gasteiger partial charge in [0, 0.05) is 26.6 Å². The zero-order valence-corrected chi connectivity index (χ0v) is 15.7. The van der Waals surface area contributed by atoms with Gasteiger partial charge in [-0.25, -0.2) is 9.07 Å². The number of hydrogen-bond donors (Lipinski definition) is 1. The first-order valence-electron chi connectivity index (χ1n) is 8.86. The summed E-state index contributed by atoms with van der Waals surface area (Å²) in [6.45, 7) is 2.06. The molecule has 1 aromatic heterocycles. The number of methoxy groups -OCH3 is 1. The summed E-state index contributed by atoms with van der Waals surface area (Å²) >= 11 is 0. The first-order chi connectivity index (χ1) is 13.4. The zero-order chi connectivity index (χ0) is 20.3. The Labute approximate surface area is 161 Å². The lowest BCUT2D eigenvalue weighted by molar-refractivity contribution is -0.151. The molecule has 0 aliphatic carbocycles. The predicted molar refractivity (Wildman–Crippen MR) is 94.8 cm³/mol. The van der Waals surface area contributed by atoms with Gasteiger partial charge in [-0.2, -0.15) is 0 Å². The molecular formula is C18H22FN5O4. The number of benzene rings is 1. The van der Waals surface area contributed by atoms with Crippen LogP contribution in [0.1, 0.15) is 23.9 Å². The molecule has 2 aromatic rings. The first-order valence-corrected chi connectivity index (χ1v) is 8.86. The van der Waals surface area contributed by atoms with E-state index in [1.54, 1.807) is 19.1 Å². The summed E-state index contributed by atoms with van der Waals surface area (Å²) in [5.74, 6) is -1.17. The van der Waals surface area contributed by atoms with E-state index in [0.717, 1.165) is 5.56 Å². The minimum Gasteiger partial charge on any atom is -0.481 e. The van der Waals surface area contributed by atoms with Gasteiger partial charge in [0.25, 0.3) is 0 Å². The number of tetrazole rings is 1. The Morgan fingerprint density at radius 2 is 2.07 bits per heavy atom. The third kappa shape index (κ3) is 3.86. The molecule has 28 heavy (non-hydrogen) atoms. The summed E-state index contributed by atoms with van der Waals surface area (Å²) in [6, 6.07) is 5.10. The average molecular weight is 391 g/mol. The third-order valence-corrected chi connectivity index (χ3v) is 5.12. The minimum absolute atomic E-state index is 0.0264. The molecule has 0 spiro atoms. The number of rotatable bonds is 7. The molecule has 1 amide bonds. The van der Waals surface area contributed by atoms with Crippen molar-refractivity contribution in [2.24, 2.45) is 5.41 Å². The maximum atomic E-state index is 13.3. The molecule has 0 saturated carbocycles. The SMILES string of the molecule is COCC1(C(=O)O)CCN(C(=O)C(Cc2ccc(F)cc2)n2nnnc2C)C1. The van der Waals surface area contributed by atoms with Crippen molar-refractivity contribution in [1.29, 1.82) is 0 Å². The van der Waals surface area contributed by atoms with Gasteiger partial charge >= 0.3 is 5.97 Å². The van der Waals surface area contributed by atoms with Crippen LogP contribution in [-0.4, -0.2) is 68.9 Å². The van der Waals surface area contributed by atoms with Crippen molar-refractivity contribution in [2.45, 2.75) is 25.8 Å². The number of aliphatic carboxylic acids is 1. The standard InChI is InChI=1S/C18H22FN5O4/c1-12-20-21-22-24(12)15(9-13-3-5-14(19)6-4-13)16(25)23-8-7-18(10-23,11-28-2)17(26)27/h3-6,15H,7-11H2,1-2H3,(H,26,27). The highest BCUT2D eigenvalue weighted by Gasteiger charge is 2.47. The molecule has 1 aliphatic rings. The molecule has 0 bridgehead atoms. The number of carbonyl (C=O) groups excluding carboxylic acids is 1. The number of hydrogen-bond acceptors (Lipinski definition) is 6. The van der Waals surface area contributed by atoms with Crippen LogP contribution in [0, 0.1) is 18.2 Å². The summed E-state index contributed by atoms with van der Waals surface area (Å²) in [4.78, 5) is 26.6. The molecule has 2 heterocycles. The van der Waals surface area contributed by atoms with Gasteiger partial charge in [-0.15, -0.1) is 5.10 Å². The fourth-order valence-corrected chi connectivity index (χ4v) is 3.55. The second kappa shape index (κ2) is 8.01. The van der Waals surface area contributed by atoms with E-state index in [4.69, 9.17) is 4.74 Å². The number of carboxylic acids is 1. The molecule has 1 saturated heterocycles. The maximum absolute atomic E-state index is 13.3. The number of likely N-dealkylation sites (tertiary alicyclic amines) is 1. The largest absolute Gasteiger partial charge is 0.481 e. The van der Waals surface area contributed by atoms with Gasteiger partial charge in [0.2, 0.25) is 5.91 Å². The topological polar surface area (TPSA) is 110 Å². The van der Waals surface area contributed by atoms with Crippen LogP contribution in [0.3, 0.4) is 0 Å². The molecule has 3 rings (SSSR count). The molecule has 150 valence electrons. The monoisotopic (exact) mass is 391 g/mol. The molecule has 10 heteroatoms. The van der Waals surface area contributed by atoms with Gasteiger partial charge in [-0.05, 0) is 41.5 Å². The van der Waals surface area contributed by atoms with Gasteiger partial charge in [-0.3, -0.25) is 9.59 Å². The number of nitrogens with zero attached hydrogens (tertiary/aromatic N) is 5. The Morgan fingerprint density at radius 1 is 1.36 bits per heavy atom. The number of amides is 1. The smallest absolute Gasteiger partial charge is 0.313 e. The van der Waals surface area contributed by atoms with Gasteiger partial charge < -0.3 is 14.7 Å². The Hall–Kier alpha value is -2.88. The van der Waals surface area contributed by atoms with Crippen LogP contribution in [0.15, 0.2) is 24.3 Å². The van der Waals surface area contributed by atoms with E-state index in [0.29, 0.717) is 18.8 Å². The van der Waals surface area contributed by atoms with Crippen LogP contribution >= 0.6 is 0 Å². The van der Waals surface area contributed by atoms with Crippen molar-refractivity contribution in [3.63, 3.8) is 0 Å². The number of halogens is 1. The van der Waals surface area contributed by atoms with E-state index in [9.17, 15) is 19.1 Å². The summed E-state index contributed by atoms with van der Waals surface area (Å²) in [5, 5.41) is 21.0. The highest BCUT2D eigenvalue weighted by atomic mass is 19.1. The molecule has 1 aromatic carbocycles. The number of aryl methyl sites for hydroxylation is 1. The normalized spacial score (nSPS) is 20.3. The Morgan fingerprint density at radius 3 is 2.64 bits per heavy atom. The lowest BCUT2D eigenvalue weighted by Crippen LogP contribution is -2.42. The second-order valence-electron chi connectivity index (χ2n) is 7.05. The second-order valence-corrected chi connectivity index (χ2v) is 7.05. The van der Waals surface area contributed by atoms with Gasteiger partial charge in [0.1, 0.15) is 23.1 Å². The van der Waals surface area contributed by atoms with Crippen molar-refractivity contribution >= 4 is 11.9 Å². The van der Waals surface area contributed by atoms with E-state index in [-0.39, 0.29) is 31.3 Å². The summed E-state index contributed by atoms with van der Waals surface area (Å²) in [7, 11) is 1.44. The molecule has 9 nitrogen and oxygen atoms in total. The molecule has 2 unspecified atom stereocenters. The number of aromatic nitrogens is 4. The lowest BCUT2D eigenvalue weighted by Gasteiger charge is -2.26. The van der Waals surface area contributed by atoms with Crippen LogP contribution in [-0.2, 0) is 20.7 Å². The van der Waals surface area contributed by atoms with Gasteiger partial charge in [0.15, 0.2) is 0 Å². The molecule has 1 N–H and O–H groups in total. The van der Waals surface area contributed by atoms with Crippen LogP contribution < -0.4 is 0 Å². The highest BCUT2D eigenvalue weighted by Crippen LogP contribution is 2.33. The Kier molecular flexibility index (Phi) is 5.68. The van der Waals surface area contributed by atoms with E-state index < -0.39 is 17.4 Å². The van der Waals surface area contributed by atoms with Crippen molar-refractivity contribution < 1.29 is 23.8 Å². The van der Waals surface area contributed by atoms with Crippen molar-refractivity contribution in [3.05, 3.63) is 41.5 Å². The fraction of sp³-hybridized carbons (Fsp3) is 0.500. The van der Waals surface area contributed by atoms with Crippen LogP contribution in [0.5, 0.6) is 0 Å². The molecule has 0 radical (unpaired) electrons. The molecule has 1 fully saturated rings. The Bertz CT molecular complexity index is 856. The molecule has 1 aliphatic heterocycles. The predicted octanol–water partition coefficient (Wildman–Crippen LogP) is 0.854. The summed E-state index contributed by atoms with van der Waals surface area (Å²) in [6.07, 6.45) is 0.561. The van der Waals surface area contributed by atoms with Crippen LogP contribution in [0.2, 0.25) is 0 Å². The zero-order valence-electron chi connectivity index (χ0n) is 15.7. The van der Waals surface area contributed by atoms with E-state index in [2.05, 4.69) is 15.5 Å². The van der Waals surface area contributed by atoms with Gasteiger partial charge in [0.05, 0.1) is 6.61 Å². The molecule has 2 atom stereocenters. The first kappa shape index (κ1) is 19.9. The lowest BCUT2D eigenvalue weighted by atomic mass is 9.88. The molecular weight excluding hydrogens is 369 g/mol. The number of carbonyl (C=O) groups is 2. The summed E-state index contributed by atoms with van der Waals surface area (Å²) in [5.41, 5.74) is -0.379. The van der Waals surface area contributed by atoms with E-state index in [1.807, 2.05) is 0 Å². The fourth-order valence-electron chi connectivity index (χ4n) is 3.55. The number of carboxylic acid groups (broad SMARTS) is 1. The third-order valence-electron chi connectivity index (χ3n) is 5.12. The number of ether oxygens (including phenoxy) is 1. The van der Waals surface area contributed by atoms with Crippen LogP contribution in [0.4, 0.5) is 4.39 Å².